The van der Waals surface area contributed by atoms with Crippen molar-refractivity contribution >= 4 is 10.0 Å². The summed E-state index contributed by atoms with van der Waals surface area (Å²) in [6.07, 6.45) is 3.41. The van der Waals surface area contributed by atoms with Gasteiger partial charge in [0.15, 0.2) is 0 Å². The average Bonchev–Trinajstić information content (AvgIpc) is 2.41. The number of nitrogens with one attached hydrogen (secondary N) is 1. The van der Waals surface area contributed by atoms with E-state index in [-0.39, 0.29) is 0 Å². The minimum Gasteiger partial charge on any atom is -0.316 e. The van der Waals surface area contributed by atoms with Crippen molar-refractivity contribution in [2.75, 3.05) is 20.6 Å². The smallest absolute Gasteiger partial charge is 0.243 e. The number of aryl methyl sites for hydroxylation is 1. The zero-order chi connectivity index (χ0) is 15.2. The van der Waals surface area contributed by atoms with Crippen LogP contribution >= 0.6 is 0 Å². The van der Waals surface area contributed by atoms with Crippen LogP contribution < -0.4 is 5.32 Å². The fraction of sp³-hybridized carbons (Fsp3) is 0.467. The molecule has 0 atom stereocenters. The van der Waals surface area contributed by atoms with Gasteiger partial charge in [0.05, 0.1) is 4.90 Å². The van der Waals surface area contributed by atoms with Crippen molar-refractivity contribution in [3.63, 3.8) is 0 Å². The third-order valence-electron chi connectivity index (χ3n) is 3.20. The van der Waals surface area contributed by atoms with Crippen molar-refractivity contribution in [1.82, 2.24) is 9.62 Å². The molecular formula is C15H24N2O2S. The summed E-state index contributed by atoms with van der Waals surface area (Å²) in [5, 5.41) is 3.03. The first-order valence-electron chi connectivity index (χ1n) is 6.75. The fourth-order valence-electron chi connectivity index (χ4n) is 1.98. The van der Waals surface area contributed by atoms with E-state index in [9.17, 15) is 8.42 Å². The topological polar surface area (TPSA) is 49.4 Å². The van der Waals surface area contributed by atoms with Crippen molar-refractivity contribution in [3.8, 4) is 0 Å². The van der Waals surface area contributed by atoms with E-state index in [1.165, 1.54) is 4.31 Å². The van der Waals surface area contributed by atoms with Gasteiger partial charge in [0.25, 0.3) is 0 Å². The van der Waals surface area contributed by atoms with E-state index in [1.807, 2.05) is 26.1 Å². The predicted octanol–water partition coefficient (Wildman–Crippen LogP) is 2.30. The summed E-state index contributed by atoms with van der Waals surface area (Å²) in [5.74, 6) is 0. The summed E-state index contributed by atoms with van der Waals surface area (Å²) in [6.45, 7) is 6.64. The van der Waals surface area contributed by atoms with Crippen LogP contribution in [0.15, 0.2) is 35.7 Å². The molecule has 20 heavy (non-hydrogen) atoms. The maximum Gasteiger partial charge on any atom is 0.243 e. The highest BCUT2D eigenvalue weighted by molar-refractivity contribution is 7.89. The highest BCUT2D eigenvalue weighted by atomic mass is 32.2. The van der Waals surface area contributed by atoms with E-state index in [2.05, 4.69) is 11.9 Å². The summed E-state index contributed by atoms with van der Waals surface area (Å²) >= 11 is 0. The summed E-state index contributed by atoms with van der Waals surface area (Å²) < 4.78 is 26.6. The highest BCUT2D eigenvalue weighted by Crippen LogP contribution is 2.21. The molecule has 0 fully saturated rings. The molecule has 0 radical (unpaired) electrons. The Hall–Kier alpha value is -1.17. The molecular weight excluding hydrogens is 272 g/mol. The number of nitrogens with zero attached hydrogens (tertiary/aromatic N) is 1. The Morgan fingerprint density at radius 3 is 2.70 bits per heavy atom. The molecule has 1 rings (SSSR count). The zero-order valence-electron chi connectivity index (χ0n) is 12.5. The van der Waals surface area contributed by atoms with Gasteiger partial charge in [0.2, 0.25) is 10.0 Å². The van der Waals surface area contributed by atoms with Gasteiger partial charge in [-0.25, -0.2) is 12.7 Å². The first-order valence-corrected chi connectivity index (χ1v) is 8.19. The quantitative estimate of drug-likeness (QED) is 0.591. The first kappa shape index (κ1) is 16.9. The lowest BCUT2D eigenvalue weighted by atomic mass is 10.1. The van der Waals surface area contributed by atoms with Gasteiger partial charge in [-0.2, -0.15) is 0 Å². The molecule has 0 heterocycles. The molecule has 0 saturated heterocycles. The summed E-state index contributed by atoms with van der Waals surface area (Å²) in [4.78, 5) is 0.395. The maximum absolute atomic E-state index is 12.6. The van der Waals surface area contributed by atoms with E-state index in [0.29, 0.717) is 18.0 Å². The number of benzene rings is 1. The van der Waals surface area contributed by atoms with Gasteiger partial charge in [-0.3, -0.25) is 0 Å². The molecule has 0 saturated carbocycles. The van der Waals surface area contributed by atoms with Gasteiger partial charge < -0.3 is 5.32 Å². The van der Waals surface area contributed by atoms with E-state index >= 15 is 0 Å². The van der Waals surface area contributed by atoms with Crippen LogP contribution in [0.25, 0.3) is 0 Å². The standard InChI is InChI=1S/C15H24N2O2S/c1-5-6-7-10-17(4)20(18,19)15-11-14(12-16-3)9-8-13(15)2/h5,8-9,11,16H,1,6-7,10,12H2,2-4H3. The van der Waals surface area contributed by atoms with Crippen LogP contribution in [0.5, 0.6) is 0 Å². The number of rotatable bonds is 8. The van der Waals surface area contributed by atoms with Crippen LogP contribution in [0.2, 0.25) is 0 Å². The fourth-order valence-corrected chi connectivity index (χ4v) is 3.46. The number of unbranched alkanes of at least 4 members (excludes halogenated alkanes) is 1. The van der Waals surface area contributed by atoms with Crippen molar-refractivity contribution in [1.29, 1.82) is 0 Å². The second-order valence-electron chi connectivity index (χ2n) is 4.89. The van der Waals surface area contributed by atoms with E-state index in [1.54, 1.807) is 19.2 Å². The van der Waals surface area contributed by atoms with Crippen molar-refractivity contribution < 1.29 is 8.42 Å². The van der Waals surface area contributed by atoms with Crippen LogP contribution in [0.1, 0.15) is 24.0 Å². The average molecular weight is 296 g/mol. The van der Waals surface area contributed by atoms with E-state index in [0.717, 1.165) is 24.0 Å². The summed E-state index contributed by atoms with van der Waals surface area (Å²) in [5.41, 5.74) is 1.75. The molecule has 4 nitrogen and oxygen atoms in total. The zero-order valence-corrected chi connectivity index (χ0v) is 13.3. The van der Waals surface area contributed by atoms with Crippen LogP contribution in [0.4, 0.5) is 0 Å². The second kappa shape index (κ2) is 7.57. The third kappa shape index (κ3) is 4.16. The molecule has 112 valence electrons. The molecule has 0 aliphatic carbocycles. The summed E-state index contributed by atoms with van der Waals surface area (Å²) in [6, 6.07) is 5.56. The number of hydrogen-bond donors (Lipinski definition) is 1. The number of sulfonamides is 1. The minimum absolute atomic E-state index is 0.395. The first-order chi connectivity index (χ1) is 9.43. The van der Waals surface area contributed by atoms with E-state index < -0.39 is 10.0 Å². The van der Waals surface area contributed by atoms with Gasteiger partial charge in [-0.15, -0.1) is 6.58 Å². The molecule has 1 aromatic carbocycles. The molecule has 0 bridgehead atoms. The molecule has 0 aliphatic rings. The van der Waals surface area contributed by atoms with Crippen LogP contribution in [0.3, 0.4) is 0 Å². The van der Waals surface area contributed by atoms with Crippen LogP contribution in [-0.4, -0.2) is 33.4 Å². The molecule has 0 spiro atoms. The van der Waals surface area contributed by atoms with E-state index in [4.69, 9.17) is 0 Å². The number of hydrogen-bond acceptors (Lipinski definition) is 3. The largest absolute Gasteiger partial charge is 0.316 e. The van der Waals surface area contributed by atoms with Crippen molar-refractivity contribution in [2.45, 2.75) is 31.2 Å². The maximum atomic E-state index is 12.6. The Morgan fingerprint density at radius 1 is 1.40 bits per heavy atom. The van der Waals surface area contributed by atoms with Gasteiger partial charge in [0.1, 0.15) is 0 Å². The molecule has 0 aromatic heterocycles. The highest BCUT2D eigenvalue weighted by Gasteiger charge is 2.22. The predicted molar refractivity (Wildman–Crippen MR) is 83.2 cm³/mol. The second-order valence-corrected chi connectivity index (χ2v) is 6.90. The lowest BCUT2D eigenvalue weighted by molar-refractivity contribution is 0.462. The summed E-state index contributed by atoms with van der Waals surface area (Å²) in [7, 11) is 0.0506. The molecule has 0 amide bonds. The molecule has 0 aliphatic heterocycles. The normalized spacial score (nSPS) is 11.8. The lowest BCUT2D eigenvalue weighted by Crippen LogP contribution is -2.28. The van der Waals surface area contributed by atoms with Crippen LogP contribution in [-0.2, 0) is 16.6 Å². The van der Waals surface area contributed by atoms with Gasteiger partial charge in [0, 0.05) is 20.1 Å². The van der Waals surface area contributed by atoms with Crippen molar-refractivity contribution in [3.05, 3.63) is 42.0 Å². The molecule has 1 aromatic rings. The Morgan fingerprint density at radius 2 is 2.10 bits per heavy atom. The molecule has 0 unspecified atom stereocenters. The van der Waals surface area contributed by atoms with Gasteiger partial charge >= 0.3 is 0 Å². The Kier molecular flexibility index (Phi) is 6.39. The number of allylic oxidation sites excluding steroid dienone is 1. The molecule has 1 N–H and O–H groups in total. The monoisotopic (exact) mass is 296 g/mol. The molecule has 5 heteroatoms. The minimum atomic E-state index is -3.42. The Balaban J connectivity index is 3.01. The Labute approximate surface area is 122 Å². The lowest BCUT2D eigenvalue weighted by Gasteiger charge is -2.19. The van der Waals surface area contributed by atoms with Gasteiger partial charge in [-0.1, -0.05) is 18.2 Å². The van der Waals surface area contributed by atoms with Gasteiger partial charge in [-0.05, 0) is 44.0 Å². The van der Waals surface area contributed by atoms with Crippen LogP contribution in [0, 0.1) is 6.92 Å². The third-order valence-corrected chi connectivity index (χ3v) is 5.20. The SMILES string of the molecule is C=CCCCN(C)S(=O)(=O)c1cc(CNC)ccc1C. The van der Waals surface area contributed by atoms with Crippen molar-refractivity contribution in [2.24, 2.45) is 0 Å². The Bertz CT molecular complexity index is 553.